The highest BCUT2D eigenvalue weighted by Gasteiger charge is 2.60. The van der Waals surface area contributed by atoms with Gasteiger partial charge in [0.2, 0.25) is 11.8 Å². The number of aromatic nitrogens is 2. The lowest BCUT2D eigenvalue weighted by Gasteiger charge is -2.61. The van der Waals surface area contributed by atoms with Gasteiger partial charge in [-0.1, -0.05) is 18.5 Å². The zero-order valence-electron chi connectivity index (χ0n) is 15.9. The number of aliphatic imine (C=N–C) groups is 1. The van der Waals surface area contributed by atoms with Crippen LogP contribution in [0.4, 0.5) is 5.69 Å². The first-order chi connectivity index (χ1) is 13.4. The molecule has 1 aliphatic carbocycles. The van der Waals surface area contributed by atoms with Crippen LogP contribution in [0.25, 0.3) is 0 Å². The van der Waals surface area contributed by atoms with Gasteiger partial charge in [0.25, 0.3) is 0 Å². The molecule has 2 aliphatic rings. The lowest BCUT2D eigenvalue weighted by Crippen LogP contribution is -2.69. The minimum absolute atomic E-state index is 0.286. The molecule has 8 nitrogen and oxygen atoms in total. The number of nitrogens with two attached hydrogens (primary N) is 2. The van der Waals surface area contributed by atoms with Gasteiger partial charge < -0.3 is 21.3 Å². The fraction of sp³-hybridized carbons (Fsp3) is 0.421. The summed E-state index contributed by atoms with van der Waals surface area (Å²) in [7, 11) is 0. The molecule has 28 heavy (non-hydrogen) atoms. The number of rotatable bonds is 5. The number of nitrogens with one attached hydrogen (secondary N) is 1. The molecular formula is C19H24ClN7O. The van der Waals surface area contributed by atoms with Gasteiger partial charge in [0, 0.05) is 36.6 Å². The number of anilines is 1. The Bertz CT molecular complexity index is 940. The molecular weight excluding hydrogens is 378 g/mol. The van der Waals surface area contributed by atoms with Gasteiger partial charge in [-0.25, -0.2) is 10.0 Å². The zero-order valence-corrected chi connectivity index (χ0v) is 16.6. The molecule has 5 N–H and O–H groups in total. The van der Waals surface area contributed by atoms with E-state index in [0.717, 1.165) is 24.9 Å². The molecule has 1 saturated carbocycles. The van der Waals surface area contributed by atoms with E-state index in [4.69, 9.17) is 27.5 Å². The lowest BCUT2D eigenvalue weighted by molar-refractivity contribution is -0.132. The van der Waals surface area contributed by atoms with Crippen molar-refractivity contribution in [2.75, 3.05) is 5.43 Å². The molecule has 2 aromatic rings. The van der Waals surface area contributed by atoms with Crippen LogP contribution in [-0.4, -0.2) is 27.1 Å². The highest BCUT2D eigenvalue weighted by atomic mass is 35.5. The van der Waals surface area contributed by atoms with Crippen LogP contribution in [0, 0.1) is 12.8 Å². The summed E-state index contributed by atoms with van der Waals surface area (Å²) < 4.78 is 5.82. The van der Waals surface area contributed by atoms with Crippen molar-refractivity contribution in [1.82, 2.24) is 15.2 Å². The van der Waals surface area contributed by atoms with Gasteiger partial charge in [-0.3, -0.25) is 0 Å². The van der Waals surface area contributed by atoms with Crippen LogP contribution in [0.3, 0.4) is 0 Å². The molecule has 1 aromatic heterocycles. The molecule has 0 radical (unpaired) electrons. The third-order valence-electron chi connectivity index (χ3n) is 5.48. The summed E-state index contributed by atoms with van der Waals surface area (Å²) in [4.78, 5) is 4.09. The van der Waals surface area contributed by atoms with E-state index in [2.05, 4.69) is 32.5 Å². The van der Waals surface area contributed by atoms with E-state index < -0.39 is 0 Å². The Morgan fingerprint density at radius 2 is 2.25 bits per heavy atom. The van der Waals surface area contributed by atoms with Gasteiger partial charge in [-0.05, 0) is 43.4 Å². The maximum absolute atomic E-state index is 6.30. The molecule has 1 saturated heterocycles. The van der Waals surface area contributed by atoms with Crippen molar-refractivity contribution in [2.24, 2.45) is 22.4 Å². The number of benzene rings is 1. The van der Waals surface area contributed by atoms with Crippen LogP contribution in [0.2, 0.25) is 5.02 Å². The number of aryl methyl sites for hydroxylation is 1. The number of piperidine rings is 1. The first kappa shape index (κ1) is 18.8. The summed E-state index contributed by atoms with van der Waals surface area (Å²) in [5.74, 6) is 2.14. The van der Waals surface area contributed by atoms with Crippen molar-refractivity contribution in [2.45, 2.75) is 44.7 Å². The van der Waals surface area contributed by atoms with Crippen molar-refractivity contribution in [3.63, 3.8) is 0 Å². The second-order valence-corrected chi connectivity index (χ2v) is 8.00. The summed E-state index contributed by atoms with van der Waals surface area (Å²) in [5, 5.41) is 11.1. The van der Waals surface area contributed by atoms with Crippen LogP contribution < -0.4 is 16.9 Å². The van der Waals surface area contributed by atoms with E-state index in [-0.39, 0.29) is 5.54 Å². The van der Waals surface area contributed by atoms with Gasteiger partial charge in [0.05, 0.1) is 5.02 Å². The van der Waals surface area contributed by atoms with E-state index in [1.807, 2.05) is 19.1 Å². The molecule has 2 heterocycles. The number of fused-ring (bicyclic) bond motifs is 2. The quantitative estimate of drug-likeness (QED) is 0.520. The first-order valence-electron chi connectivity index (χ1n) is 9.29. The van der Waals surface area contributed by atoms with Crippen LogP contribution >= 0.6 is 11.6 Å². The van der Waals surface area contributed by atoms with E-state index in [1.165, 1.54) is 12.4 Å². The van der Waals surface area contributed by atoms with Crippen LogP contribution in [0.1, 0.15) is 43.5 Å². The molecule has 148 valence electrons. The fourth-order valence-corrected chi connectivity index (χ4v) is 4.61. The maximum Gasteiger partial charge on any atom is 0.238 e. The molecule has 0 spiro atoms. The third kappa shape index (κ3) is 3.12. The Balaban J connectivity index is 1.63. The van der Waals surface area contributed by atoms with Crippen molar-refractivity contribution >= 4 is 23.1 Å². The average molecular weight is 402 g/mol. The highest BCUT2D eigenvalue weighted by molar-refractivity contribution is 6.34. The summed E-state index contributed by atoms with van der Waals surface area (Å²) >= 11 is 6.30. The molecule has 1 unspecified atom stereocenters. The normalized spacial score (nSPS) is 27.8. The minimum atomic E-state index is -0.286. The average Bonchev–Trinajstić information content (AvgIpc) is 3.11. The van der Waals surface area contributed by atoms with Crippen molar-refractivity contribution in [1.29, 1.82) is 0 Å². The fourth-order valence-electron chi connectivity index (χ4n) is 4.39. The summed E-state index contributed by atoms with van der Waals surface area (Å²) in [6, 6.07) is 6.01. The number of halogens is 1. The lowest BCUT2D eigenvalue weighted by atomic mass is 9.65. The Hall–Kier alpha value is -2.58. The van der Waals surface area contributed by atoms with Gasteiger partial charge in [0.1, 0.15) is 11.4 Å². The smallest absolute Gasteiger partial charge is 0.238 e. The Morgan fingerprint density at radius 3 is 2.96 bits per heavy atom. The molecule has 1 aromatic carbocycles. The van der Waals surface area contributed by atoms with E-state index in [0.29, 0.717) is 40.2 Å². The van der Waals surface area contributed by atoms with E-state index in [1.54, 1.807) is 6.07 Å². The van der Waals surface area contributed by atoms with Crippen molar-refractivity contribution in [3.8, 4) is 0 Å². The standard InChI is InChI=1S/C19H24ClN7O/c1-11-7-14-10-19(9-11,18-25-24-12(2)28-18)27(14)26-13-3-4-16(20)15(8-13)17(22)23-6-5-21/h3-6,8,11,14,26H,7,9-10,21H2,1-2H3,(H2,22,23)/b6-5-/t11-,14+,19?/m0/s1. The number of nitrogens with zero attached hydrogens (tertiary/aromatic N) is 4. The van der Waals surface area contributed by atoms with E-state index in [9.17, 15) is 0 Å². The van der Waals surface area contributed by atoms with Crippen molar-refractivity contribution < 1.29 is 4.42 Å². The Morgan fingerprint density at radius 1 is 1.43 bits per heavy atom. The topological polar surface area (TPSA) is 119 Å². The largest absolute Gasteiger partial charge is 0.423 e. The molecule has 3 atom stereocenters. The molecule has 4 rings (SSSR count). The third-order valence-corrected chi connectivity index (χ3v) is 5.81. The number of hydrogen-bond acceptors (Lipinski definition) is 7. The second-order valence-electron chi connectivity index (χ2n) is 7.59. The Kier molecular flexibility index (Phi) is 4.76. The van der Waals surface area contributed by atoms with Crippen LogP contribution in [0.5, 0.6) is 0 Å². The molecule has 1 aliphatic heterocycles. The first-order valence-corrected chi connectivity index (χ1v) is 9.67. The summed E-state index contributed by atoms with van der Waals surface area (Å²) in [6.45, 7) is 4.08. The van der Waals surface area contributed by atoms with E-state index >= 15 is 0 Å². The number of amidine groups is 1. The zero-order chi connectivity index (χ0) is 19.9. The minimum Gasteiger partial charge on any atom is -0.423 e. The maximum atomic E-state index is 6.30. The second kappa shape index (κ2) is 7.10. The number of hydrazine groups is 1. The van der Waals surface area contributed by atoms with Gasteiger partial charge in [0.15, 0.2) is 0 Å². The van der Waals surface area contributed by atoms with Gasteiger partial charge >= 0.3 is 0 Å². The SMILES string of the molecule is Cc1nnc(C23C[C@@H](C)C[C@H](C2)N3Nc2ccc(Cl)c(C(N)=N/C=C\N)c2)o1. The van der Waals surface area contributed by atoms with Gasteiger partial charge in [-0.2, -0.15) is 0 Å². The Labute approximate surface area is 168 Å². The monoisotopic (exact) mass is 401 g/mol. The van der Waals surface area contributed by atoms with Crippen LogP contribution in [-0.2, 0) is 5.54 Å². The summed E-state index contributed by atoms with van der Waals surface area (Å²) in [5.41, 5.74) is 16.1. The molecule has 0 amide bonds. The summed E-state index contributed by atoms with van der Waals surface area (Å²) in [6.07, 6.45) is 5.83. The van der Waals surface area contributed by atoms with Gasteiger partial charge in [-0.15, -0.1) is 10.2 Å². The van der Waals surface area contributed by atoms with Crippen LogP contribution in [0.15, 0.2) is 40.0 Å². The molecule has 2 fully saturated rings. The molecule has 2 bridgehead atoms. The highest BCUT2D eigenvalue weighted by Crippen LogP contribution is 2.55. The predicted octanol–water partition coefficient (Wildman–Crippen LogP) is 2.89. The predicted molar refractivity (Wildman–Crippen MR) is 108 cm³/mol. The number of hydrogen-bond donors (Lipinski definition) is 3. The van der Waals surface area contributed by atoms with Crippen molar-refractivity contribution in [3.05, 3.63) is 53.0 Å². The molecule has 9 heteroatoms.